The molecule has 0 aliphatic carbocycles. The average molecular weight is 504 g/mol. The zero-order chi connectivity index (χ0) is 19.7. The summed E-state index contributed by atoms with van der Waals surface area (Å²) in [4.78, 5) is 18.8. The summed E-state index contributed by atoms with van der Waals surface area (Å²) in [6, 6.07) is 10.0. The van der Waals surface area contributed by atoms with Gasteiger partial charge in [-0.3, -0.25) is 4.79 Å². The zero-order valence-electron chi connectivity index (χ0n) is 17.6. The molecule has 1 aromatic rings. The van der Waals surface area contributed by atoms with Gasteiger partial charge in [0.1, 0.15) is 6.54 Å². The van der Waals surface area contributed by atoms with Crippen LogP contribution in [0.15, 0.2) is 35.3 Å². The number of halogens is 1. The molecule has 0 heterocycles. The first-order valence-electron chi connectivity index (χ1n) is 10.1. The fourth-order valence-corrected chi connectivity index (χ4v) is 2.50. The minimum Gasteiger partial charge on any atom is -0.381 e. The highest BCUT2D eigenvalue weighted by Crippen LogP contribution is 2.04. The third-order valence-electron chi connectivity index (χ3n) is 4.07. The molecule has 0 spiro atoms. The van der Waals surface area contributed by atoms with Gasteiger partial charge in [-0.2, -0.15) is 0 Å². The maximum Gasteiger partial charge on any atom is 0.244 e. The van der Waals surface area contributed by atoms with Gasteiger partial charge in [-0.1, -0.05) is 43.7 Å². The first kappa shape index (κ1) is 26.6. The molecule has 0 bridgehead atoms. The summed E-state index contributed by atoms with van der Waals surface area (Å²) in [5.41, 5.74) is 1.13. The predicted molar refractivity (Wildman–Crippen MR) is 127 cm³/mol. The highest BCUT2D eigenvalue weighted by Gasteiger charge is 2.12. The molecule has 2 N–H and O–H groups in total. The van der Waals surface area contributed by atoms with Crippen LogP contribution in [0.25, 0.3) is 0 Å². The van der Waals surface area contributed by atoms with Crippen molar-refractivity contribution in [3.63, 3.8) is 0 Å². The smallest absolute Gasteiger partial charge is 0.244 e. The molecule has 0 saturated carbocycles. The number of carbonyl (C=O) groups excluding carboxylic acids is 1. The van der Waals surface area contributed by atoms with Crippen LogP contribution in [0.5, 0.6) is 0 Å². The summed E-state index contributed by atoms with van der Waals surface area (Å²) in [5.74, 6) is 0.705. The van der Waals surface area contributed by atoms with E-state index < -0.39 is 0 Å². The average Bonchev–Trinajstić information content (AvgIpc) is 2.70. The first-order valence-corrected chi connectivity index (χ1v) is 10.1. The summed E-state index contributed by atoms with van der Waals surface area (Å²) < 4.78 is 5.56. The molecule has 160 valence electrons. The molecule has 7 heteroatoms. The number of rotatable bonds is 13. The Labute approximate surface area is 187 Å². The molecule has 1 aromatic carbocycles. The van der Waals surface area contributed by atoms with Crippen LogP contribution >= 0.6 is 24.0 Å². The van der Waals surface area contributed by atoms with Crippen LogP contribution < -0.4 is 10.6 Å². The molecular weight excluding hydrogens is 467 g/mol. The Morgan fingerprint density at radius 1 is 1.07 bits per heavy atom. The molecule has 0 aromatic heterocycles. The van der Waals surface area contributed by atoms with Gasteiger partial charge in [0.05, 0.1) is 0 Å². The predicted octanol–water partition coefficient (Wildman–Crippen LogP) is 3.42. The molecule has 0 saturated heterocycles. The lowest BCUT2D eigenvalue weighted by molar-refractivity contribution is -0.130. The van der Waals surface area contributed by atoms with Crippen molar-refractivity contribution >= 4 is 35.8 Å². The highest BCUT2D eigenvalue weighted by atomic mass is 127. The molecule has 0 radical (unpaired) electrons. The number of likely N-dealkylation sites (N-methyl/N-ethyl adjacent to an activating group) is 1. The number of unbranched alkanes of at least 4 members (excludes halogenated alkanes) is 1. The number of guanidine groups is 1. The number of ether oxygens (including phenoxy) is 1. The van der Waals surface area contributed by atoms with Crippen LogP contribution in [-0.2, 0) is 16.1 Å². The third-order valence-corrected chi connectivity index (χ3v) is 4.07. The van der Waals surface area contributed by atoms with Gasteiger partial charge >= 0.3 is 0 Å². The van der Waals surface area contributed by atoms with Gasteiger partial charge in [0.2, 0.25) is 5.91 Å². The fraction of sp³-hybridized carbons (Fsp3) is 0.619. The van der Waals surface area contributed by atoms with Crippen LogP contribution in [0.4, 0.5) is 0 Å². The standard InChI is InChI=1S/C21H36N4O2.HI/c1-4-7-15-27-16-11-14-23-21(22-5-2)24-17-20(26)25(6-3)18-19-12-9-8-10-13-19;/h8-10,12-13H,4-7,11,14-18H2,1-3H3,(H2,22,23,24);1H. The van der Waals surface area contributed by atoms with Gasteiger partial charge in [-0.25, -0.2) is 4.99 Å². The second-order valence-corrected chi connectivity index (χ2v) is 6.33. The van der Waals surface area contributed by atoms with Gasteiger partial charge in [0, 0.05) is 39.4 Å². The minimum absolute atomic E-state index is 0. The Kier molecular flexibility index (Phi) is 16.9. The Morgan fingerprint density at radius 3 is 2.43 bits per heavy atom. The van der Waals surface area contributed by atoms with Crippen LogP contribution in [0.1, 0.15) is 45.6 Å². The van der Waals surface area contributed by atoms with Crippen LogP contribution in [0.2, 0.25) is 0 Å². The third kappa shape index (κ3) is 12.2. The maximum absolute atomic E-state index is 12.5. The van der Waals surface area contributed by atoms with Crippen LogP contribution in [-0.4, -0.2) is 56.2 Å². The normalized spacial score (nSPS) is 10.9. The van der Waals surface area contributed by atoms with Gasteiger partial charge in [0.25, 0.3) is 0 Å². The van der Waals surface area contributed by atoms with Crippen LogP contribution in [0, 0.1) is 0 Å². The zero-order valence-corrected chi connectivity index (χ0v) is 19.9. The monoisotopic (exact) mass is 504 g/mol. The van der Waals surface area contributed by atoms with Crippen molar-refractivity contribution in [2.75, 3.05) is 39.4 Å². The molecule has 28 heavy (non-hydrogen) atoms. The summed E-state index contributed by atoms with van der Waals surface area (Å²) in [5, 5.41) is 6.44. The Bertz CT molecular complexity index is 540. The number of aliphatic imine (C=N–C) groups is 1. The minimum atomic E-state index is 0. The summed E-state index contributed by atoms with van der Waals surface area (Å²) >= 11 is 0. The number of nitrogens with one attached hydrogen (secondary N) is 2. The SMILES string of the molecule is CCCCOCCCNC(=NCC(=O)N(CC)Cc1ccccc1)NCC.I. The van der Waals surface area contributed by atoms with Crippen molar-refractivity contribution in [2.45, 2.75) is 46.6 Å². The van der Waals surface area contributed by atoms with E-state index in [0.29, 0.717) is 19.0 Å². The van der Waals surface area contributed by atoms with Crippen molar-refractivity contribution in [3.05, 3.63) is 35.9 Å². The van der Waals surface area contributed by atoms with Gasteiger partial charge < -0.3 is 20.3 Å². The topological polar surface area (TPSA) is 66.0 Å². The van der Waals surface area contributed by atoms with Crippen molar-refractivity contribution in [1.29, 1.82) is 0 Å². The first-order chi connectivity index (χ1) is 13.2. The highest BCUT2D eigenvalue weighted by molar-refractivity contribution is 14.0. The van der Waals surface area contributed by atoms with E-state index in [1.165, 1.54) is 0 Å². The largest absolute Gasteiger partial charge is 0.381 e. The fourth-order valence-electron chi connectivity index (χ4n) is 2.50. The molecule has 6 nitrogen and oxygen atoms in total. The molecule has 0 aliphatic rings. The Hall–Kier alpha value is -1.35. The second kappa shape index (κ2) is 17.7. The van der Waals surface area contributed by atoms with Crippen molar-refractivity contribution in [3.8, 4) is 0 Å². The van der Waals surface area contributed by atoms with Crippen molar-refractivity contribution < 1.29 is 9.53 Å². The summed E-state index contributed by atoms with van der Waals surface area (Å²) in [6.07, 6.45) is 3.18. The number of amides is 1. The lowest BCUT2D eigenvalue weighted by Gasteiger charge is -2.20. The number of hydrogen-bond acceptors (Lipinski definition) is 3. The van der Waals surface area contributed by atoms with E-state index in [1.54, 1.807) is 0 Å². The van der Waals surface area contributed by atoms with E-state index >= 15 is 0 Å². The number of nitrogens with zero attached hydrogens (tertiary/aromatic N) is 2. The van der Waals surface area contributed by atoms with Gasteiger partial charge in [0.15, 0.2) is 5.96 Å². The number of carbonyl (C=O) groups is 1. The van der Waals surface area contributed by atoms with E-state index in [4.69, 9.17) is 4.74 Å². The maximum atomic E-state index is 12.5. The van der Waals surface area contributed by atoms with E-state index in [9.17, 15) is 4.79 Å². The van der Waals surface area contributed by atoms with E-state index in [1.807, 2.05) is 49.1 Å². The van der Waals surface area contributed by atoms with Gasteiger partial charge in [-0.05, 0) is 32.3 Å². The van der Waals surface area contributed by atoms with Crippen LogP contribution in [0.3, 0.4) is 0 Å². The Balaban J connectivity index is 0.00000729. The Morgan fingerprint density at radius 2 is 1.79 bits per heavy atom. The van der Waals surface area contributed by atoms with E-state index in [-0.39, 0.29) is 36.4 Å². The molecule has 0 atom stereocenters. The van der Waals surface area contributed by atoms with E-state index in [0.717, 1.165) is 51.1 Å². The van der Waals surface area contributed by atoms with E-state index in [2.05, 4.69) is 22.5 Å². The number of hydrogen-bond donors (Lipinski definition) is 2. The van der Waals surface area contributed by atoms with Gasteiger partial charge in [-0.15, -0.1) is 24.0 Å². The quantitative estimate of drug-likeness (QED) is 0.187. The van der Waals surface area contributed by atoms with Crippen molar-refractivity contribution in [1.82, 2.24) is 15.5 Å². The second-order valence-electron chi connectivity index (χ2n) is 6.33. The molecular formula is C21H37IN4O2. The lowest BCUT2D eigenvalue weighted by atomic mass is 10.2. The molecule has 0 fully saturated rings. The molecule has 1 amide bonds. The molecule has 1 rings (SSSR count). The van der Waals surface area contributed by atoms with Crippen molar-refractivity contribution in [2.24, 2.45) is 4.99 Å². The molecule has 0 unspecified atom stereocenters. The summed E-state index contributed by atoms with van der Waals surface area (Å²) in [6.45, 7) is 10.7. The molecule has 0 aliphatic heterocycles. The number of benzene rings is 1. The lowest BCUT2D eigenvalue weighted by Crippen LogP contribution is -2.39. The summed E-state index contributed by atoms with van der Waals surface area (Å²) in [7, 11) is 0.